The second-order valence-corrected chi connectivity index (χ2v) is 3.31. The molecule has 1 aliphatic rings. The number of nitrogens with zero attached hydrogens (tertiary/aromatic N) is 2. The maximum absolute atomic E-state index is 10.6. The summed E-state index contributed by atoms with van der Waals surface area (Å²) in [4.78, 5) is 10.6. The summed E-state index contributed by atoms with van der Waals surface area (Å²) in [6.45, 7) is 0.892. The van der Waals surface area contributed by atoms with Crippen LogP contribution >= 0.6 is 11.6 Å². The van der Waals surface area contributed by atoms with Gasteiger partial charge in [0.25, 0.3) is 0 Å². The molecule has 0 amide bonds. The first-order valence-corrected chi connectivity index (χ1v) is 4.41. The van der Waals surface area contributed by atoms with Crippen LogP contribution in [0.3, 0.4) is 0 Å². The molecule has 1 aromatic rings. The number of rotatable bonds is 1. The van der Waals surface area contributed by atoms with E-state index in [4.69, 9.17) is 11.6 Å². The van der Waals surface area contributed by atoms with Crippen LogP contribution in [0, 0.1) is 0 Å². The molecule has 2 heterocycles. The Balaban J connectivity index is 2.53. The van der Waals surface area contributed by atoms with Gasteiger partial charge in [-0.25, -0.2) is 0 Å². The fraction of sp³-hybridized carbons (Fsp3) is 0.500. The van der Waals surface area contributed by atoms with Gasteiger partial charge in [-0.15, -0.1) is 0 Å². The highest BCUT2D eigenvalue weighted by Crippen LogP contribution is 2.22. The Morgan fingerprint density at radius 3 is 3.08 bits per heavy atom. The lowest BCUT2D eigenvalue weighted by Gasteiger charge is -2.12. The molecule has 3 nitrogen and oxygen atoms in total. The Bertz CT molecular complexity index is 319. The van der Waals surface area contributed by atoms with E-state index in [0.29, 0.717) is 10.7 Å². The highest BCUT2D eigenvalue weighted by Gasteiger charge is 2.18. The Labute approximate surface area is 75.3 Å². The molecular formula is C8H9ClN2O. The van der Waals surface area contributed by atoms with Crippen LogP contribution in [-0.2, 0) is 13.0 Å². The minimum atomic E-state index is 0.349. The van der Waals surface area contributed by atoms with Gasteiger partial charge in [-0.05, 0) is 19.3 Å². The van der Waals surface area contributed by atoms with Crippen molar-refractivity contribution < 1.29 is 4.79 Å². The molecule has 12 heavy (non-hydrogen) atoms. The highest BCUT2D eigenvalue weighted by atomic mass is 35.5. The molecule has 0 bridgehead atoms. The number of aldehydes is 1. The van der Waals surface area contributed by atoms with E-state index < -0.39 is 0 Å². The van der Waals surface area contributed by atoms with Crippen molar-refractivity contribution in [3.8, 4) is 0 Å². The fourth-order valence-corrected chi connectivity index (χ4v) is 1.84. The normalized spacial score (nSPS) is 15.8. The van der Waals surface area contributed by atoms with Crippen LogP contribution in [0.2, 0.25) is 5.15 Å². The summed E-state index contributed by atoms with van der Waals surface area (Å²) in [6.07, 6.45) is 3.98. The summed E-state index contributed by atoms with van der Waals surface area (Å²) in [5.41, 5.74) is 1.58. The smallest absolute Gasteiger partial charge is 0.161 e. The van der Waals surface area contributed by atoms with E-state index in [9.17, 15) is 4.79 Å². The van der Waals surface area contributed by atoms with Gasteiger partial charge in [-0.3, -0.25) is 9.48 Å². The van der Waals surface area contributed by atoms with Crippen molar-refractivity contribution in [2.45, 2.75) is 25.8 Å². The van der Waals surface area contributed by atoms with E-state index in [1.165, 1.54) is 0 Å². The number of fused-ring (bicyclic) bond motifs is 1. The van der Waals surface area contributed by atoms with Crippen molar-refractivity contribution >= 4 is 17.9 Å². The zero-order valence-electron chi connectivity index (χ0n) is 6.59. The molecule has 0 aliphatic carbocycles. The van der Waals surface area contributed by atoms with E-state index in [2.05, 4.69) is 5.10 Å². The largest absolute Gasteiger partial charge is 0.298 e. The molecule has 0 unspecified atom stereocenters. The van der Waals surface area contributed by atoms with Gasteiger partial charge in [0.1, 0.15) is 0 Å². The third-order valence-corrected chi connectivity index (χ3v) is 2.48. The van der Waals surface area contributed by atoms with Crippen molar-refractivity contribution in [3.05, 3.63) is 16.4 Å². The number of carbonyl (C=O) groups excluding carboxylic acids is 1. The van der Waals surface area contributed by atoms with Gasteiger partial charge < -0.3 is 0 Å². The van der Waals surface area contributed by atoms with E-state index in [0.717, 1.165) is 37.8 Å². The predicted octanol–water partition coefficient (Wildman–Crippen LogP) is 1.69. The summed E-state index contributed by atoms with van der Waals surface area (Å²) >= 11 is 5.77. The van der Waals surface area contributed by atoms with Crippen LogP contribution in [0.4, 0.5) is 0 Å². The van der Waals surface area contributed by atoms with Gasteiger partial charge in [0, 0.05) is 6.54 Å². The number of hydrogen-bond acceptors (Lipinski definition) is 2. The molecule has 0 N–H and O–H groups in total. The average Bonchev–Trinajstić information content (AvgIpc) is 2.40. The van der Waals surface area contributed by atoms with Gasteiger partial charge in [0.2, 0.25) is 0 Å². The highest BCUT2D eigenvalue weighted by molar-refractivity contribution is 6.31. The minimum Gasteiger partial charge on any atom is -0.298 e. The van der Waals surface area contributed by atoms with E-state index in [-0.39, 0.29) is 0 Å². The molecule has 1 aliphatic heterocycles. The van der Waals surface area contributed by atoms with Crippen LogP contribution in [0.15, 0.2) is 0 Å². The molecule has 0 fully saturated rings. The molecule has 0 saturated carbocycles. The topological polar surface area (TPSA) is 34.9 Å². The SMILES string of the molecule is O=Cc1c(Cl)nn2c1CCCC2. The third kappa shape index (κ3) is 1.05. The monoisotopic (exact) mass is 184 g/mol. The maximum atomic E-state index is 10.6. The Kier molecular flexibility index (Phi) is 1.89. The van der Waals surface area contributed by atoms with Gasteiger partial charge in [0.05, 0.1) is 11.3 Å². The van der Waals surface area contributed by atoms with Crippen LogP contribution in [0.5, 0.6) is 0 Å². The third-order valence-electron chi connectivity index (χ3n) is 2.20. The van der Waals surface area contributed by atoms with Gasteiger partial charge in [0.15, 0.2) is 11.4 Å². The minimum absolute atomic E-state index is 0.349. The first kappa shape index (κ1) is 7.80. The standard InChI is InChI=1S/C8H9ClN2O/c9-8-6(5-12)7-3-1-2-4-11(7)10-8/h5H,1-4H2. The summed E-state index contributed by atoms with van der Waals surface area (Å²) in [5, 5.41) is 4.42. The van der Waals surface area contributed by atoms with Crippen LogP contribution in [0.25, 0.3) is 0 Å². The number of aromatic nitrogens is 2. The number of carbonyl (C=O) groups is 1. The number of halogens is 1. The van der Waals surface area contributed by atoms with Crippen molar-refractivity contribution in [1.82, 2.24) is 9.78 Å². The van der Waals surface area contributed by atoms with Gasteiger partial charge >= 0.3 is 0 Å². The van der Waals surface area contributed by atoms with Crippen molar-refractivity contribution in [2.75, 3.05) is 0 Å². The molecule has 64 valence electrons. The van der Waals surface area contributed by atoms with Crippen LogP contribution < -0.4 is 0 Å². The average molecular weight is 185 g/mol. The molecule has 0 saturated heterocycles. The molecule has 0 atom stereocenters. The molecule has 2 rings (SSSR count). The fourth-order valence-electron chi connectivity index (χ4n) is 1.60. The maximum Gasteiger partial charge on any atom is 0.161 e. The zero-order chi connectivity index (χ0) is 8.55. The van der Waals surface area contributed by atoms with Gasteiger partial charge in [-0.1, -0.05) is 11.6 Å². The molecule has 0 radical (unpaired) electrons. The quantitative estimate of drug-likeness (QED) is 0.623. The summed E-state index contributed by atoms with van der Waals surface area (Å²) in [7, 11) is 0. The Hall–Kier alpha value is -0.830. The predicted molar refractivity (Wildman–Crippen MR) is 45.6 cm³/mol. The second-order valence-electron chi connectivity index (χ2n) is 2.95. The molecule has 1 aromatic heterocycles. The Morgan fingerprint density at radius 1 is 1.50 bits per heavy atom. The lowest BCUT2D eigenvalue weighted by atomic mass is 10.1. The van der Waals surface area contributed by atoms with E-state index in [1.54, 1.807) is 0 Å². The lowest BCUT2D eigenvalue weighted by molar-refractivity contribution is 0.112. The summed E-state index contributed by atoms with van der Waals surface area (Å²) < 4.78 is 1.84. The molecular weight excluding hydrogens is 176 g/mol. The summed E-state index contributed by atoms with van der Waals surface area (Å²) in [6, 6.07) is 0. The molecule has 4 heteroatoms. The van der Waals surface area contributed by atoms with E-state index >= 15 is 0 Å². The van der Waals surface area contributed by atoms with Crippen molar-refractivity contribution in [3.63, 3.8) is 0 Å². The molecule has 0 spiro atoms. The van der Waals surface area contributed by atoms with Crippen LogP contribution in [-0.4, -0.2) is 16.1 Å². The van der Waals surface area contributed by atoms with Crippen molar-refractivity contribution in [2.24, 2.45) is 0 Å². The Morgan fingerprint density at radius 2 is 2.33 bits per heavy atom. The van der Waals surface area contributed by atoms with E-state index in [1.807, 2.05) is 4.68 Å². The van der Waals surface area contributed by atoms with Crippen molar-refractivity contribution in [1.29, 1.82) is 0 Å². The van der Waals surface area contributed by atoms with Crippen LogP contribution in [0.1, 0.15) is 28.9 Å². The second kappa shape index (κ2) is 2.90. The number of hydrogen-bond donors (Lipinski definition) is 0. The lowest BCUT2D eigenvalue weighted by Crippen LogP contribution is -2.11. The first-order chi connectivity index (χ1) is 5.83. The summed E-state index contributed by atoms with van der Waals surface area (Å²) in [5.74, 6) is 0. The molecule has 0 aromatic carbocycles. The number of aryl methyl sites for hydroxylation is 1. The first-order valence-electron chi connectivity index (χ1n) is 4.03. The zero-order valence-corrected chi connectivity index (χ0v) is 7.34. The van der Waals surface area contributed by atoms with Gasteiger partial charge in [-0.2, -0.15) is 5.10 Å².